The standard InChI is InChI=1S/C15H19ClN2O2/c1-3-4-12-15(20)18(8-7-14(19)17-12)13-9-11(16)6-5-10(13)2/h5-6,9,12H,3-4,7-8H2,1-2H3,(H,17,19). The summed E-state index contributed by atoms with van der Waals surface area (Å²) >= 11 is 6.03. The van der Waals surface area contributed by atoms with E-state index < -0.39 is 6.04 Å². The summed E-state index contributed by atoms with van der Waals surface area (Å²) in [5.41, 5.74) is 1.77. The van der Waals surface area contributed by atoms with E-state index in [-0.39, 0.29) is 11.8 Å². The molecule has 2 amide bonds. The molecule has 1 fully saturated rings. The third kappa shape index (κ3) is 3.12. The van der Waals surface area contributed by atoms with Crippen molar-refractivity contribution in [1.82, 2.24) is 5.32 Å². The molecule has 20 heavy (non-hydrogen) atoms. The molecule has 1 N–H and O–H groups in total. The lowest BCUT2D eigenvalue weighted by Gasteiger charge is -2.25. The van der Waals surface area contributed by atoms with Crippen LogP contribution in [0.5, 0.6) is 0 Å². The topological polar surface area (TPSA) is 49.4 Å². The zero-order valence-corrected chi connectivity index (χ0v) is 12.5. The Morgan fingerprint density at radius 3 is 2.85 bits per heavy atom. The average Bonchev–Trinajstić information content (AvgIpc) is 2.54. The van der Waals surface area contributed by atoms with Crippen molar-refractivity contribution in [3.8, 4) is 0 Å². The molecule has 4 nitrogen and oxygen atoms in total. The number of carbonyl (C=O) groups is 2. The summed E-state index contributed by atoms with van der Waals surface area (Å²) < 4.78 is 0. The highest BCUT2D eigenvalue weighted by molar-refractivity contribution is 6.31. The van der Waals surface area contributed by atoms with Gasteiger partial charge >= 0.3 is 0 Å². The lowest BCUT2D eigenvalue weighted by atomic mass is 10.1. The molecule has 0 aromatic heterocycles. The van der Waals surface area contributed by atoms with Gasteiger partial charge in [-0.3, -0.25) is 9.59 Å². The van der Waals surface area contributed by atoms with Gasteiger partial charge in [-0.05, 0) is 31.0 Å². The van der Waals surface area contributed by atoms with E-state index in [0.29, 0.717) is 24.4 Å². The van der Waals surface area contributed by atoms with Crippen LogP contribution in [-0.2, 0) is 9.59 Å². The van der Waals surface area contributed by atoms with E-state index in [4.69, 9.17) is 11.6 Å². The lowest BCUT2D eigenvalue weighted by Crippen LogP contribution is -2.44. The molecule has 5 heteroatoms. The highest BCUT2D eigenvalue weighted by Gasteiger charge is 2.30. The number of amides is 2. The van der Waals surface area contributed by atoms with Gasteiger partial charge in [-0.1, -0.05) is 31.0 Å². The highest BCUT2D eigenvalue weighted by atomic mass is 35.5. The Morgan fingerprint density at radius 2 is 2.15 bits per heavy atom. The van der Waals surface area contributed by atoms with Gasteiger partial charge in [0.15, 0.2) is 0 Å². The summed E-state index contributed by atoms with van der Waals surface area (Å²) in [7, 11) is 0. The molecule has 0 spiro atoms. The van der Waals surface area contributed by atoms with Crippen LogP contribution >= 0.6 is 11.6 Å². The van der Waals surface area contributed by atoms with Crippen LogP contribution in [0.25, 0.3) is 0 Å². The predicted molar refractivity (Wildman–Crippen MR) is 80.0 cm³/mol. The van der Waals surface area contributed by atoms with Gasteiger partial charge in [0.1, 0.15) is 6.04 Å². The molecule has 1 aliphatic rings. The Hall–Kier alpha value is -1.55. The van der Waals surface area contributed by atoms with E-state index >= 15 is 0 Å². The highest BCUT2D eigenvalue weighted by Crippen LogP contribution is 2.26. The quantitative estimate of drug-likeness (QED) is 0.932. The number of nitrogens with one attached hydrogen (secondary N) is 1. The van der Waals surface area contributed by atoms with Crippen molar-refractivity contribution in [2.75, 3.05) is 11.4 Å². The van der Waals surface area contributed by atoms with Crippen LogP contribution < -0.4 is 10.2 Å². The lowest BCUT2D eigenvalue weighted by molar-refractivity contribution is -0.125. The first kappa shape index (κ1) is 14.9. The van der Waals surface area contributed by atoms with Crippen molar-refractivity contribution in [2.45, 2.75) is 39.2 Å². The number of carbonyl (C=O) groups excluding carboxylic acids is 2. The molecule has 108 valence electrons. The number of benzene rings is 1. The Bertz CT molecular complexity index is 531. The minimum Gasteiger partial charge on any atom is -0.344 e. The van der Waals surface area contributed by atoms with Crippen LogP contribution in [-0.4, -0.2) is 24.4 Å². The maximum Gasteiger partial charge on any atom is 0.249 e. The normalized spacial score (nSPS) is 19.8. The van der Waals surface area contributed by atoms with E-state index in [2.05, 4.69) is 5.32 Å². The molecule has 0 radical (unpaired) electrons. The van der Waals surface area contributed by atoms with Gasteiger partial charge in [0.25, 0.3) is 0 Å². The first-order valence-electron chi connectivity index (χ1n) is 6.89. The number of halogens is 1. The van der Waals surface area contributed by atoms with Crippen molar-refractivity contribution in [3.05, 3.63) is 28.8 Å². The van der Waals surface area contributed by atoms with Crippen molar-refractivity contribution in [1.29, 1.82) is 0 Å². The Morgan fingerprint density at radius 1 is 1.40 bits per heavy atom. The van der Waals surface area contributed by atoms with E-state index in [1.165, 1.54) is 0 Å². The Kier molecular flexibility index (Phi) is 4.65. The van der Waals surface area contributed by atoms with Gasteiger partial charge in [-0.25, -0.2) is 0 Å². The number of aryl methyl sites for hydroxylation is 1. The van der Waals surface area contributed by atoms with Gasteiger partial charge in [0.05, 0.1) is 0 Å². The number of hydrogen-bond donors (Lipinski definition) is 1. The third-order valence-electron chi connectivity index (χ3n) is 3.50. The van der Waals surface area contributed by atoms with Gasteiger partial charge in [0, 0.05) is 23.7 Å². The maximum absolute atomic E-state index is 12.6. The second kappa shape index (κ2) is 6.27. The summed E-state index contributed by atoms with van der Waals surface area (Å²) in [6, 6.07) is 5.04. The molecular weight excluding hydrogens is 276 g/mol. The largest absolute Gasteiger partial charge is 0.344 e. The number of anilines is 1. The number of nitrogens with zero attached hydrogens (tertiary/aromatic N) is 1. The van der Waals surface area contributed by atoms with Gasteiger partial charge < -0.3 is 10.2 Å². The molecule has 1 aromatic carbocycles. The summed E-state index contributed by atoms with van der Waals surface area (Å²) in [5.74, 6) is -0.123. The fourth-order valence-corrected chi connectivity index (χ4v) is 2.60. The summed E-state index contributed by atoms with van der Waals surface area (Å²) in [6.07, 6.45) is 1.82. The van der Waals surface area contributed by atoms with Gasteiger partial charge in [-0.2, -0.15) is 0 Å². The van der Waals surface area contributed by atoms with Crippen molar-refractivity contribution in [3.63, 3.8) is 0 Å². The van der Waals surface area contributed by atoms with Crippen LogP contribution in [0.2, 0.25) is 5.02 Å². The number of rotatable bonds is 3. The molecule has 1 unspecified atom stereocenters. The van der Waals surface area contributed by atoms with Crippen LogP contribution in [0.1, 0.15) is 31.7 Å². The van der Waals surface area contributed by atoms with Crippen molar-refractivity contribution in [2.24, 2.45) is 0 Å². The molecular formula is C15H19ClN2O2. The van der Waals surface area contributed by atoms with Crippen LogP contribution in [0.15, 0.2) is 18.2 Å². The number of hydrogen-bond acceptors (Lipinski definition) is 2. The predicted octanol–water partition coefficient (Wildman–Crippen LogP) is 2.67. The van der Waals surface area contributed by atoms with E-state index in [9.17, 15) is 9.59 Å². The van der Waals surface area contributed by atoms with E-state index in [1.54, 1.807) is 17.0 Å². The zero-order valence-electron chi connectivity index (χ0n) is 11.8. The Balaban J connectivity index is 2.35. The fraction of sp³-hybridized carbons (Fsp3) is 0.467. The van der Waals surface area contributed by atoms with Gasteiger partial charge in [0.2, 0.25) is 11.8 Å². The zero-order chi connectivity index (χ0) is 14.7. The minimum absolute atomic E-state index is 0.0527. The van der Waals surface area contributed by atoms with E-state index in [1.807, 2.05) is 19.9 Å². The van der Waals surface area contributed by atoms with Crippen LogP contribution in [0, 0.1) is 6.92 Å². The van der Waals surface area contributed by atoms with Crippen molar-refractivity contribution >= 4 is 29.1 Å². The Labute approximate surface area is 124 Å². The maximum atomic E-state index is 12.6. The molecule has 2 rings (SSSR count). The summed E-state index contributed by atoms with van der Waals surface area (Å²) in [4.78, 5) is 26.0. The molecule has 0 bridgehead atoms. The summed E-state index contributed by atoms with van der Waals surface area (Å²) in [5, 5.41) is 3.39. The molecule has 1 aliphatic heterocycles. The second-order valence-corrected chi connectivity index (χ2v) is 5.52. The molecule has 0 aliphatic carbocycles. The minimum atomic E-state index is -0.437. The van der Waals surface area contributed by atoms with Crippen LogP contribution in [0.4, 0.5) is 5.69 Å². The molecule has 1 aromatic rings. The summed E-state index contributed by atoms with van der Waals surface area (Å²) in [6.45, 7) is 4.33. The average molecular weight is 295 g/mol. The van der Waals surface area contributed by atoms with Crippen molar-refractivity contribution < 1.29 is 9.59 Å². The SMILES string of the molecule is CCCC1NC(=O)CCN(c2cc(Cl)ccc2C)C1=O. The van der Waals surface area contributed by atoms with Crippen LogP contribution in [0.3, 0.4) is 0 Å². The molecule has 1 saturated heterocycles. The fourth-order valence-electron chi connectivity index (χ4n) is 2.44. The smallest absolute Gasteiger partial charge is 0.249 e. The monoisotopic (exact) mass is 294 g/mol. The molecule has 0 saturated carbocycles. The first-order valence-corrected chi connectivity index (χ1v) is 7.27. The molecule has 1 heterocycles. The first-order chi connectivity index (χ1) is 9.52. The molecule has 1 atom stereocenters. The third-order valence-corrected chi connectivity index (χ3v) is 3.74. The van der Waals surface area contributed by atoms with E-state index in [0.717, 1.165) is 17.7 Å². The van der Waals surface area contributed by atoms with Gasteiger partial charge in [-0.15, -0.1) is 0 Å². The second-order valence-electron chi connectivity index (χ2n) is 5.08.